The molecule has 5 rings (SSSR count). The third kappa shape index (κ3) is 2.30. The first-order valence-electron chi connectivity index (χ1n) is 8.50. The Hall–Kier alpha value is -3.13. The van der Waals surface area contributed by atoms with E-state index >= 15 is 0 Å². The van der Waals surface area contributed by atoms with Gasteiger partial charge in [-0.3, -0.25) is 4.79 Å². The van der Waals surface area contributed by atoms with Gasteiger partial charge in [0.15, 0.2) is 0 Å². The second-order valence-electron chi connectivity index (χ2n) is 6.54. The van der Waals surface area contributed by atoms with E-state index in [1.807, 2.05) is 36.4 Å². The molecule has 120 valence electrons. The third-order valence-corrected chi connectivity index (χ3v) is 5.05. The van der Waals surface area contributed by atoms with Gasteiger partial charge in [-0.2, -0.15) is 0 Å². The molecule has 2 nitrogen and oxygen atoms in total. The number of carbonyl (C=O) groups is 1. The lowest BCUT2D eigenvalue weighted by Crippen LogP contribution is -2.21. The highest BCUT2D eigenvalue weighted by molar-refractivity contribution is 5.92. The largest absolute Gasteiger partial charge is 0.426 e. The lowest BCUT2D eigenvalue weighted by molar-refractivity contribution is -0.135. The topological polar surface area (TPSA) is 26.3 Å². The molecular formula is C23H16O2. The van der Waals surface area contributed by atoms with Crippen molar-refractivity contribution in [2.45, 2.75) is 12.3 Å². The van der Waals surface area contributed by atoms with Gasteiger partial charge in [-0.25, -0.2) is 0 Å². The van der Waals surface area contributed by atoms with Crippen LogP contribution in [0.15, 0.2) is 78.9 Å². The first-order valence-corrected chi connectivity index (χ1v) is 8.50. The molecule has 1 aliphatic heterocycles. The fourth-order valence-electron chi connectivity index (χ4n) is 3.87. The molecule has 0 fully saturated rings. The number of fused-ring (bicyclic) bond motifs is 4. The molecule has 2 heteroatoms. The smallest absolute Gasteiger partial charge is 0.312 e. The Balaban J connectivity index is 1.76. The monoisotopic (exact) mass is 324 g/mol. The van der Waals surface area contributed by atoms with Crippen molar-refractivity contribution in [2.75, 3.05) is 0 Å². The van der Waals surface area contributed by atoms with Gasteiger partial charge in [0.1, 0.15) is 5.75 Å². The maximum Gasteiger partial charge on any atom is 0.312 e. The number of hydrogen-bond donors (Lipinski definition) is 0. The molecule has 0 spiro atoms. The van der Waals surface area contributed by atoms with E-state index in [4.69, 9.17) is 4.74 Å². The van der Waals surface area contributed by atoms with E-state index in [0.29, 0.717) is 12.2 Å². The summed E-state index contributed by atoms with van der Waals surface area (Å²) < 4.78 is 5.54. The molecule has 0 amide bonds. The van der Waals surface area contributed by atoms with Gasteiger partial charge in [-0.15, -0.1) is 0 Å². The van der Waals surface area contributed by atoms with E-state index in [0.717, 1.165) is 16.5 Å². The molecule has 1 heterocycles. The molecule has 1 atom stereocenters. The highest BCUT2D eigenvalue weighted by atomic mass is 16.5. The Morgan fingerprint density at radius 3 is 2.36 bits per heavy atom. The Labute approximate surface area is 145 Å². The number of benzene rings is 4. The van der Waals surface area contributed by atoms with Gasteiger partial charge in [0.25, 0.3) is 0 Å². The van der Waals surface area contributed by atoms with Crippen molar-refractivity contribution in [3.05, 3.63) is 90.0 Å². The van der Waals surface area contributed by atoms with Gasteiger partial charge < -0.3 is 4.74 Å². The highest BCUT2D eigenvalue weighted by Crippen LogP contribution is 2.43. The van der Waals surface area contributed by atoms with Crippen molar-refractivity contribution in [3.8, 4) is 5.75 Å². The number of ether oxygens (including phenoxy) is 1. The summed E-state index contributed by atoms with van der Waals surface area (Å²) in [6.45, 7) is 0. The van der Waals surface area contributed by atoms with Crippen molar-refractivity contribution in [1.82, 2.24) is 0 Å². The van der Waals surface area contributed by atoms with Crippen LogP contribution in [0.4, 0.5) is 0 Å². The van der Waals surface area contributed by atoms with Crippen LogP contribution in [0.2, 0.25) is 0 Å². The first-order chi connectivity index (χ1) is 12.3. The minimum atomic E-state index is -0.166. The van der Waals surface area contributed by atoms with Gasteiger partial charge in [0.05, 0.1) is 6.42 Å². The Kier molecular flexibility index (Phi) is 3.10. The van der Waals surface area contributed by atoms with E-state index in [1.165, 1.54) is 16.2 Å². The van der Waals surface area contributed by atoms with E-state index in [9.17, 15) is 4.79 Å². The van der Waals surface area contributed by atoms with Gasteiger partial charge in [0, 0.05) is 11.5 Å². The quantitative estimate of drug-likeness (QED) is 0.344. The summed E-state index contributed by atoms with van der Waals surface area (Å²) in [5, 5.41) is 4.74. The molecule has 4 aromatic carbocycles. The molecular weight excluding hydrogens is 308 g/mol. The number of carbonyl (C=O) groups excluding carboxylic acids is 1. The average molecular weight is 324 g/mol. The summed E-state index contributed by atoms with van der Waals surface area (Å²) in [6, 6.07) is 27.0. The molecule has 0 N–H and O–H groups in total. The van der Waals surface area contributed by atoms with E-state index in [2.05, 4.69) is 42.5 Å². The highest BCUT2D eigenvalue weighted by Gasteiger charge is 2.30. The first kappa shape index (κ1) is 14.2. The molecule has 1 aliphatic rings. The summed E-state index contributed by atoms with van der Waals surface area (Å²) in [4.78, 5) is 12.2. The van der Waals surface area contributed by atoms with Crippen LogP contribution in [0.5, 0.6) is 5.75 Å². The van der Waals surface area contributed by atoms with Crippen LogP contribution in [0.3, 0.4) is 0 Å². The van der Waals surface area contributed by atoms with Crippen LogP contribution in [0.25, 0.3) is 21.5 Å². The molecule has 0 aliphatic carbocycles. The van der Waals surface area contributed by atoms with Gasteiger partial charge in [0.2, 0.25) is 0 Å². The number of rotatable bonds is 1. The zero-order valence-electron chi connectivity index (χ0n) is 13.6. The van der Waals surface area contributed by atoms with Crippen LogP contribution in [0.1, 0.15) is 23.5 Å². The lowest BCUT2D eigenvalue weighted by atomic mass is 9.83. The van der Waals surface area contributed by atoms with E-state index < -0.39 is 0 Å². The second-order valence-corrected chi connectivity index (χ2v) is 6.54. The standard InChI is InChI=1S/C23H16O2/c24-22-14-20(18-10-9-15-5-1-2-7-17(15)13-18)23-19-8-4-3-6-16(19)11-12-21(23)25-22/h1-13,20H,14H2. The van der Waals surface area contributed by atoms with Crippen LogP contribution in [0, 0.1) is 0 Å². The maximum absolute atomic E-state index is 12.2. The molecule has 25 heavy (non-hydrogen) atoms. The van der Waals surface area contributed by atoms with Crippen molar-refractivity contribution in [2.24, 2.45) is 0 Å². The van der Waals surface area contributed by atoms with Crippen LogP contribution < -0.4 is 4.74 Å². The Morgan fingerprint density at radius 1 is 0.760 bits per heavy atom. The Morgan fingerprint density at radius 2 is 1.48 bits per heavy atom. The minimum Gasteiger partial charge on any atom is -0.426 e. The van der Waals surface area contributed by atoms with Gasteiger partial charge >= 0.3 is 5.97 Å². The zero-order valence-corrected chi connectivity index (χ0v) is 13.6. The second kappa shape index (κ2) is 5.45. The fourth-order valence-corrected chi connectivity index (χ4v) is 3.87. The number of hydrogen-bond acceptors (Lipinski definition) is 2. The predicted octanol–water partition coefficient (Wildman–Crippen LogP) is 5.43. The van der Waals surface area contributed by atoms with Crippen LogP contribution in [-0.4, -0.2) is 5.97 Å². The molecule has 0 saturated heterocycles. The molecule has 0 radical (unpaired) electrons. The molecule has 4 aromatic rings. The summed E-state index contributed by atoms with van der Waals surface area (Å²) in [6.07, 6.45) is 0.374. The molecule has 0 saturated carbocycles. The van der Waals surface area contributed by atoms with Crippen LogP contribution in [-0.2, 0) is 4.79 Å². The van der Waals surface area contributed by atoms with Crippen molar-refractivity contribution in [3.63, 3.8) is 0 Å². The van der Waals surface area contributed by atoms with Crippen molar-refractivity contribution in [1.29, 1.82) is 0 Å². The van der Waals surface area contributed by atoms with E-state index in [1.54, 1.807) is 0 Å². The van der Waals surface area contributed by atoms with Gasteiger partial charge in [-0.05, 0) is 33.2 Å². The molecule has 0 bridgehead atoms. The zero-order chi connectivity index (χ0) is 16.8. The third-order valence-electron chi connectivity index (χ3n) is 5.05. The molecule has 1 unspecified atom stereocenters. The van der Waals surface area contributed by atoms with Crippen LogP contribution >= 0.6 is 0 Å². The number of esters is 1. The molecule has 0 aromatic heterocycles. The summed E-state index contributed by atoms with van der Waals surface area (Å²) >= 11 is 0. The Bertz CT molecular complexity index is 1130. The summed E-state index contributed by atoms with van der Waals surface area (Å²) in [5.74, 6) is 0.543. The van der Waals surface area contributed by atoms with Gasteiger partial charge in [-0.1, -0.05) is 72.8 Å². The summed E-state index contributed by atoms with van der Waals surface area (Å²) in [5.41, 5.74) is 2.28. The SMILES string of the molecule is O=C1CC(c2ccc3ccccc3c2)c2c(ccc3ccccc23)O1. The normalized spacial score (nSPS) is 16.6. The van der Waals surface area contributed by atoms with E-state index in [-0.39, 0.29) is 11.9 Å². The minimum absolute atomic E-state index is 0.0203. The maximum atomic E-state index is 12.2. The summed E-state index contributed by atoms with van der Waals surface area (Å²) in [7, 11) is 0. The van der Waals surface area contributed by atoms with Crippen molar-refractivity contribution >= 4 is 27.5 Å². The average Bonchev–Trinajstić information content (AvgIpc) is 2.66. The predicted molar refractivity (Wildman–Crippen MR) is 100.0 cm³/mol. The lowest BCUT2D eigenvalue weighted by Gasteiger charge is -2.26. The fraction of sp³-hybridized carbons (Fsp3) is 0.0870. The van der Waals surface area contributed by atoms with Crippen molar-refractivity contribution < 1.29 is 9.53 Å².